The van der Waals surface area contributed by atoms with Gasteiger partial charge in [-0.3, -0.25) is 4.79 Å². The second-order valence-electron chi connectivity index (χ2n) is 9.85. The van der Waals surface area contributed by atoms with Gasteiger partial charge < -0.3 is 20.2 Å². The van der Waals surface area contributed by atoms with E-state index in [1.807, 2.05) is 24.3 Å². The zero-order valence-corrected chi connectivity index (χ0v) is 20.2. The Balaban J connectivity index is 1.35. The lowest BCUT2D eigenvalue weighted by Gasteiger charge is -2.35. The highest BCUT2D eigenvalue weighted by atomic mass is 32.2. The molecule has 1 spiro atoms. The van der Waals surface area contributed by atoms with Crippen LogP contribution in [0.15, 0.2) is 36.4 Å². The molecule has 2 aliphatic heterocycles. The summed E-state index contributed by atoms with van der Waals surface area (Å²) in [7, 11) is 0. The van der Waals surface area contributed by atoms with Crippen LogP contribution in [0.4, 0.5) is 17.3 Å². The van der Waals surface area contributed by atoms with Crippen LogP contribution in [0.3, 0.4) is 0 Å². The average molecular weight is 467 g/mol. The molecule has 1 atom stereocenters. The number of piperidine rings is 2. The molecule has 1 aromatic heterocycles. The minimum Gasteiger partial charge on any atom is -0.391 e. The number of carbonyl (C=O) groups is 1. The predicted octanol–water partition coefficient (Wildman–Crippen LogP) is 4.54. The summed E-state index contributed by atoms with van der Waals surface area (Å²) in [4.78, 5) is 22.6. The van der Waals surface area contributed by atoms with Crippen molar-refractivity contribution in [3.63, 3.8) is 0 Å². The first kappa shape index (κ1) is 22.5. The number of rotatable bonds is 6. The van der Waals surface area contributed by atoms with E-state index >= 15 is 0 Å². The molecule has 0 bridgehead atoms. The summed E-state index contributed by atoms with van der Waals surface area (Å²) in [5, 5.41) is 13.0. The number of hydrogen-bond acceptors (Lipinski definition) is 6. The van der Waals surface area contributed by atoms with E-state index in [0.29, 0.717) is 23.3 Å². The highest BCUT2D eigenvalue weighted by Gasteiger charge is 2.44. The molecular weight excluding hydrogens is 432 g/mol. The highest BCUT2D eigenvalue weighted by molar-refractivity contribution is 7.97. The number of benzene rings is 1. The van der Waals surface area contributed by atoms with E-state index in [1.54, 1.807) is 11.8 Å². The van der Waals surface area contributed by atoms with Gasteiger partial charge in [0.15, 0.2) is 0 Å². The third kappa shape index (κ3) is 5.14. The maximum Gasteiger partial charge on any atom is 0.258 e. The van der Waals surface area contributed by atoms with Crippen molar-refractivity contribution >= 4 is 35.0 Å². The van der Waals surface area contributed by atoms with E-state index in [9.17, 15) is 9.90 Å². The van der Waals surface area contributed by atoms with Gasteiger partial charge in [0, 0.05) is 37.6 Å². The Labute approximate surface area is 200 Å². The van der Waals surface area contributed by atoms with Crippen LogP contribution in [-0.2, 0) is 5.75 Å². The molecule has 0 unspecified atom stereocenters. The molecule has 2 N–H and O–H groups in total. The van der Waals surface area contributed by atoms with Crippen LogP contribution in [-0.4, -0.2) is 54.5 Å². The van der Waals surface area contributed by atoms with Gasteiger partial charge in [0.1, 0.15) is 11.6 Å². The molecule has 1 amide bonds. The van der Waals surface area contributed by atoms with E-state index < -0.39 is 0 Å². The minimum absolute atomic E-state index is 0.115. The number of thioether (sulfide) groups is 1. The van der Waals surface area contributed by atoms with Crippen LogP contribution in [0.2, 0.25) is 0 Å². The first-order valence-corrected chi connectivity index (χ1v) is 13.5. The zero-order valence-electron chi connectivity index (χ0n) is 19.4. The molecule has 7 heteroatoms. The summed E-state index contributed by atoms with van der Waals surface area (Å²) < 4.78 is 0. The Morgan fingerprint density at radius 3 is 2.70 bits per heavy atom. The number of pyridine rings is 1. The van der Waals surface area contributed by atoms with Crippen LogP contribution in [0.25, 0.3) is 0 Å². The fourth-order valence-corrected chi connectivity index (χ4v) is 5.71. The molecule has 0 radical (unpaired) electrons. The fraction of sp³-hybridized carbons (Fsp3) is 0.538. The van der Waals surface area contributed by atoms with Gasteiger partial charge >= 0.3 is 0 Å². The fourth-order valence-electron chi connectivity index (χ4n) is 5.20. The van der Waals surface area contributed by atoms with Gasteiger partial charge in [0.2, 0.25) is 0 Å². The van der Waals surface area contributed by atoms with Gasteiger partial charge in [-0.2, -0.15) is 11.8 Å². The Morgan fingerprint density at radius 2 is 1.97 bits per heavy atom. The zero-order chi connectivity index (χ0) is 22.8. The lowest BCUT2D eigenvalue weighted by atomic mass is 9.92. The largest absolute Gasteiger partial charge is 0.391 e. The molecule has 33 heavy (non-hydrogen) atoms. The van der Waals surface area contributed by atoms with Crippen LogP contribution < -0.4 is 15.1 Å². The third-order valence-electron chi connectivity index (χ3n) is 7.44. The van der Waals surface area contributed by atoms with E-state index in [4.69, 9.17) is 0 Å². The van der Waals surface area contributed by atoms with Crippen molar-refractivity contribution in [2.24, 2.45) is 5.41 Å². The molecule has 5 rings (SSSR count). The third-order valence-corrected chi connectivity index (χ3v) is 8.06. The normalized spacial score (nSPS) is 21.8. The summed E-state index contributed by atoms with van der Waals surface area (Å²) in [5.41, 5.74) is 3.61. The number of aromatic nitrogens is 1. The van der Waals surface area contributed by atoms with Crippen molar-refractivity contribution in [2.45, 2.75) is 50.4 Å². The summed E-state index contributed by atoms with van der Waals surface area (Å²) in [6, 6.07) is 11.9. The molecule has 176 valence electrons. The number of nitrogens with one attached hydrogen (secondary N) is 1. The van der Waals surface area contributed by atoms with Crippen LogP contribution >= 0.6 is 11.8 Å². The Bertz CT molecular complexity index is 1000. The van der Waals surface area contributed by atoms with E-state index in [-0.39, 0.29) is 12.0 Å². The lowest BCUT2D eigenvalue weighted by Crippen LogP contribution is -2.38. The summed E-state index contributed by atoms with van der Waals surface area (Å²) in [5.74, 6) is 2.17. The van der Waals surface area contributed by atoms with Crippen LogP contribution in [0, 0.1) is 5.41 Å². The van der Waals surface area contributed by atoms with Crippen LogP contribution in [0.1, 0.15) is 54.4 Å². The van der Waals surface area contributed by atoms with Gasteiger partial charge in [-0.05, 0) is 80.0 Å². The van der Waals surface area contributed by atoms with Crippen molar-refractivity contribution in [1.29, 1.82) is 0 Å². The second-order valence-corrected chi connectivity index (χ2v) is 10.7. The molecule has 2 aromatic rings. The quantitative estimate of drug-likeness (QED) is 0.652. The van der Waals surface area contributed by atoms with Crippen molar-refractivity contribution in [3.05, 3.63) is 47.5 Å². The topological polar surface area (TPSA) is 68.7 Å². The maximum atomic E-state index is 13.4. The van der Waals surface area contributed by atoms with Gasteiger partial charge in [0.25, 0.3) is 5.91 Å². The number of hydrogen-bond donors (Lipinski definition) is 2. The molecule has 1 aliphatic carbocycles. The van der Waals surface area contributed by atoms with Crippen molar-refractivity contribution in [3.8, 4) is 0 Å². The Morgan fingerprint density at radius 1 is 1.15 bits per heavy atom. The Kier molecular flexibility index (Phi) is 6.52. The first-order valence-electron chi connectivity index (χ1n) is 12.1. The molecule has 3 aliphatic rings. The summed E-state index contributed by atoms with van der Waals surface area (Å²) >= 11 is 1.80. The highest BCUT2D eigenvalue weighted by Crippen LogP contribution is 2.54. The number of aliphatic hydroxyl groups is 1. The van der Waals surface area contributed by atoms with Crippen LogP contribution in [0.5, 0.6) is 0 Å². The average Bonchev–Trinajstić information content (AvgIpc) is 3.58. The summed E-state index contributed by atoms with van der Waals surface area (Å²) in [6.07, 6.45) is 8.77. The van der Waals surface area contributed by atoms with Crippen molar-refractivity contribution in [2.75, 3.05) is 47.6 Å². The lowest BCUT2D eigenvalue weighted by molar-refractivity contribution is 0.102. The standard InChI is InChI=1S/C26H34N4O2S/c1-33-18-19-7-8-21(22(16-19)29-14-11-26(9-10-26)12-15-29)25(32)28-23-5-2-6-24(27-23)30-13-3-4-20(31)17-30/h2,5-8,16,20,31H,3-4,9-15,17-18H2,1H3,(H,27,28,32)/t20-/m1/s1. The monoisotopic (exact) mass is 466 g/mol. The maximum absolute atomic E-state index is 13.4. The summed E-state index contributed by atoms with van der Waals surface area (Å²) in [6.45, 7) is 3.50. The molecule has 3 fully saturated rings. The molecule has 2 saturated heterocycles. The van der Waals surface area contributed by atoms with Gasteiger partial charge in [-0.1, -0.05) is 12.1 Å². The molecular formula is C26H34N4O2S. The van der Waals surface area contributed by atoms with Crippen molar-refractivity contribution < 1.29 is 9.90 Å². The van der Waals surface area contributed by atoms with Crippen molar-refractivity contribution in [1.82, 2.24) is 4.98 Å². The number of anilines is 3. The number of amides is 1. The van der Waals surface area contributed by atoms with E-state index in [1.165, 1.54) is 31.2 Å². The molecule has 6 nitrogen and oxygen atoms in total. The SMILES string of the molecule is CSCc1ccc(C(=O)Nc2cccc(N3CCC[C@@H](O)C3)n2)c(N2CCC3(CC2)CC3)c1. The Hall–Kier alpha value is -2.25. The first-order chi connectivity index (χ1) is 16.0. The number of aliphatic hydroxyl groups excluding tert-OH is 1. The van der Waals surface area contributed by atoms with Gasteiger partial charge in [-0.25, -0.2) is 4.98 Å². The number of carbonyl (C=O) groups excluding carboxylic acids is 1. The number of nitrogens with zero attached hydrogens (tertiary/aromatic N) is 3. The van der Waals surface area contributed by atoms with E-state index in [0.717, 1.165) is 49.7 Å². The second kappa shape index (κ2) is 9.55. The number of β-amino-alcohol motifs (C(OH)–C–C–N with tert-alkyl or cyclic N) is 1. The smallest absolute Gasteiger partial charge is 0.258 e. The van der Waals surface area contributed by atoms with E-state index in [2.05, 4.69) is 38.5 Å². The molecule has 1 aromatic carbocycles. The minimum atomic E-state index is -0.319. The van der Waals surface area contributed by atoms with Gasteiger partial charge in [0.05, 0.1) is 11.7 Å². The predicted molar refractivity (Wildman–Crippen MR) is 136 cm³/mol. The molecule has 1 saturated carbocycles. The van der Waals surface area contributed by atoms with Gasteiger partial charge in [-0.15, -0.1) is 0 Å². The molecule has 3 heterocycles.